The molecular weight excluding hydrogens is 652 g/mol. The first-order valence-electron chi connectivity index (χ1n) is 15.2. The third-order valence-electron chi connectivity index (χ3n) is 7.99. The van der Waals surface area contributed by atoms with Crippen LogP contribution in [-0.2, 0) is 31.8 Å². The fourth-order valence-corrected chi connectivity index (χ4v) is 6.74. The lowest BCUT2D eigenvalue weighted by molar-refractivity contribution is -0.140. The molecule has 3 heterocycles. The average Bonchev–Trinajstić information content (AvgIpc) is 3.84. The lowest BCUT2D eigenvalue weighted by atomic mass is 10.1. The van der Waals surface area contributed by atoms with Crippen molar-refractivity contribution in [3.63, 3.8) is 0 Å². The highest BCUT2D eigenvalue weighted by Gasteiger charge is 2.41. The zero-order chi connectivity index (χ0) is 33.8. The van der Waals surface area contributed by atoms with Gasteiger partial charge in [0, 0.05) is 18.7 Å². The van der Waals surface area contributed by atoms with Gasteiger partial charge in [0.1, 0.15) is 29.5 Å². The summed E-state index contributed by atoms with van der Waals surface area (Å²) in [6, 6.07) is 17.5. The van der Waals surface area contributed by atoms with E-state index in [1.165, 1.54) is 9.80 Å². The Morgan fingerprint density at radius 3 is 2.54 bits per heavy atom. The van der Waals surface area contributed by atoms with Crippen LogP contribution in [0.5, 0.6) is 0 Å². The number of alkyl halides is 3. The maximum Gasteiger partial charge on any atom is 0.419 e. The standard InChI is InChI=1S/C34H30F4N4O5S/c35-27-15-14-24(18-26(27)34(36,37)38)40-32-42(19-25-8-5-17-46-25)31(44)29(48-32)22-10-12-23(13-11-22)39-30(43)28-9-4-16-41(28)33(45)47-20-21-6-2-1-3-7-21/h1-3,6-8,10-15,18,28-29H,4-5,9,16-17,19-20H2,(H,39,43)/t28-,29?/m0/s1. The molecule has 0 radical (unpaired) electrons. The molecule has 0 aromatic heterocycles. The van der Waals surface area contributed by atoms with Gasteiger partial charge in [0.15, 0.2) is 5.17 Å². The number of benzene rings is 3. The summed E-state index contributed by atoms with van der Waals surface area (Å²) in [5, 5.41) is 2.18. The average molecular weight is 683 g/mol. The number of nitrogens with zero attached hydrogens (tertiary/aromatic N) is 3. The Morgan fingerprint density at radius 1 is 1.06 bits per heavy atom. The number of amides is 3. The van der Waals surface area contributed by atoms with Crippen LogP contribution in [0.4, 0.5) is 33.7 Å². The van der Waals surface area contributed by atoms with Crippen molar-refractivity contribution in [2.24, 2.45) is 4.99 Å². The highest BCUT2D eigenvalue weighted by atomic mass is 32.2. The smallest absolute Gasteiger partial charge is 0.419 e. The Labute approximate surface area is 277 Å². The van der Waals surface area contributed by atoms with Crippen LogP contribution in [0.3, 0.4) is 0 Å². The number of likely N-dealkylation sites (tertiary alicyclic amines) is 1. The molecule has 3 aromatic rings. The molecule has 0 spiro atoms. The number of thioether (sulfide) groups is 1. The van der Waals surface area contributed by atoms with Crippen molar-refractivity contribution < 1.29 is 41.4 Å². The van der Waals surface area contributed by atoms with Crippen molar-refractivity contribution in [2.45, 2.75) is 43.3 Å². The molecule has 0 aliphatic carbocycles. The Bertz CT molecular complexity index is 1750. The number of amidine groups is 1. The second kappa shape index (κ2) is 14.1. The number of ether oxygens (including phenoxy) is 2. The fourth-order valence-electron chi connectivity index (χ4n) is 5.57. The number of aliphatic imine (C=N–C) groups is 1. The van der Waals surface area contributed by atoms with Crippen LogP contribution in [-0.4, -0.2) is 58.6 Å². The van der Waals surface area contributed by atoms with Crippen LogP contribution in [0.25, 0.3) is 0 Å². The monoisotopic (exact) mass is 682 g/mol. The quantitative estimate of drug-likeness (QED) is 0.253. The molecular formula is C34H30F4N4O5S. The third kappa shape index (κ3) is 7.48. The number of hydrogen-bond acceptors (Lipinski definition) is 7. The van der Waals surface area contributed by atoms with E-state index in [0.29, 0.717) is 61.6 Å². The minimum absolute atomic E-state index is 0.0360. The van der Waals surface area contributed by atoms with E-state index in [1.54, 1.807) is 24.3 Å². The van der Waals surface area contributed by atoms with Crippen LogP contribution >= 0.6 is 11.8 Å². The largest absolute Gasteiger partial charge is 0.496 e. The van der Waals surface area contributed by atoms with Crippen LogP contribution in [0.1, 0.15) is 41.2 Å². The Balaban J connectivity index is 1.15. The number of carbonyl (C=O) groups is 3. The van der Waals surface area contributed by atoms with Gasteiger partial charge in [0.25, 0.3) is 0 Å². The van der Waals surface area contributed by atoms with E-state index in [1.807, 2.05) is 36.4 Å². The van der Waals surface area contributed by atoms with E-state index in [9.17, 15) is 31.9 Å². The highest BCUT2D eigenvalue weighted by Crippen LogP contribution is 2.42. The van der Waals surface area contributed by atoms with Crippen molar-refractivity contribution in [3.8, 4) is 0 Å². The summed E-state index contributed by atoms with van der Waals surface area (Å²) in [7, 11) is 0. The second-order valence-corrected chi connectivity index (χ2v) is 12.4. The molecule has 14 heteroatoms. The molecule has 2 fully saturated rings. The van der Waals surface area contributed by atoms with Gasteiger partial charge in [-0.25, -0.2) is 14.2 Å². The number of hydrogen-bond donors (Lipinski definition) is 1. The number of nitrogens with one attached hydrogen (secondary N) is 1. The number of anilines is 1. The molecule has 1 unspecified atom stereocenters. The topological polar surface area (TPSA) is 101 Å². The normalized spacial score (nSPS) is 20.2. The first-order chi connectivity index (χ1) is 23.1. The van der Waals surface area contributed by atoms with Gasteiger partial charge in [-0.3, -0.25) is 19.4 Å². The molecule has 3 aliphatic heterocycles. The first-order valence-corrected chi connectivity index (χ1v) is 16.1. The van der Waals surface area contributed by atoms with E-state index in [4.69, 9.17) is 9.47 Å². The van der Waals surface area contributed by atoms with E-state index in [-0.39, 0.29) is 35.8 Å². The second-order valence-electron chi connectivity index (χ2n) is 11.3. The van der Waals surface area contributed by atoms with Crippen LogP contribution in [0.15, 0.2) is 89.6 Å². The minimum atomic E-state index is -4.91. The number of halogens is 4. The van der Waals surface area contributed by atoms with Crippen molar-refractivity contribution >= 4 is 46.2 Å². The molecule has 2 atom stereocenters. The van der Waals surface area contributed by atoms with E-state index in [0.717, 1.165) is 23.4 Å². The summed E-state index contributed by atoms with van der Waals surface area (Å²) in [6.45, 7) is 0.975. The van der Waals surface area contributed by atoms with E-state index >= 15 is 0 Å². The Kier molecular flexibility index (Phi) is 9.71. The van der Waals surface area contributed by atoms with Crippen LogP contribution < -0.4 is 5.32 Å². The lowest BCUT2D eigenvalue weighted by Crippen LogP contribution is -2.43. The molecule has 3 aliphatic rings. The van der Waals surface area contributed by atoms with E-state index < -0.39 is 34.9 Å². The van der Waals surface area contributed by atoms with Gasteiger partial charge in [-0.05, 0) is 60.4 Å². The summed E-state index contributed by atoms with van der Waals surface area (Å²) in [5.41, 5.74) is 0.244. The van der Waals surface area contributed by atoms with Gasteiger partial charge in [0.2, 0.25) is 11.8 Å². The van der Waals surface area contributed by atoms with Gasteiger partial charge in [-0.2, -0.15) is 13.2 Å². The van der Waals surface area contributed by atoms with Crippen molar-refractivity contribution in [3.05, 3.63) is 107 Å². The Morgan fingerprint density at radius 2 is 1.83 bits per heavy atom. The maximum absolute atomic E-state index is 13.9. The summed E-state index contributed by atoms with van der Waals surface area (Å²) in [5.74, 6) is -1.61. The van der Waals surface area contributed by atoms with Gasteiger partial charge >= 0.3 is 12.3 Å². The SMILES string of the molecule is O=C(Nc1ccc(C2SC(=Nc3ccc(F)c(C(F)(F)F)c3)N(CC3=CCCO3)C2=O)cc1)[C@@H]1CCCN1C(=O)OCc1ccccc1. The van der Waals surface area contributed by atoms with Crippen LogP contribution in [0.2, 0.25) is 0 Å². The molecule has 2 saturated heterocycles. The lowest BCUT2D eigenvalue weighted by Gasteiger charge is -2.23. The zero-order valence-electron chi connectivity index (χ0n) is 25.4. The van der Waals surface area contributed by atoms with Crippen molar-refractivity contribution in [1.82, 2.24) is 9.80 Å². The summed E-state index contributed by atoms with van der Waals surface area (Å²) in [4.78, 5) is 46.6. The number of carbonyl (C=O) groups excluding carboxylic acids is 3. The predicted octanol–water partition coefficient (Wildman–Crippen LogP) is 7.19. The van der Waals surface area contributed by atoms with Crippen molar-refractivity contribution in [1.29, 1.82) is 0 Å². The maximum atomic E-state index is 13.9. The van der Waals surface area contributed by atoms with Gasteiger partial charge < -0.3 is 14.8 Å². The molecule has 3 aromatic carbocycles. The highest BCUT2D eigenvalue weighted by molar-refractivity contribution is 8.15. The number of rotatable bonds is 8. The predicted molar refractivity (Wildman–Crippen MR) is 171 cm³/mol. The minimum Gasteiger partial charge on any atom is -0.496 e. The van der Waals surface area contributed by atoms with Crippen molar-refractivity contribution in [2.75, 3.05) is 25.0 Å². The van der Waals surface area contributed by atoms with Gasteiger partial charge in [-0.1, -0.05) is 54.2 Å². The fraction of sp³-hybridized carbons (Fsp3) is 0.294. The van der Waals surface area contributed by atoms with Crippen LogP contribution in [0, 0.1) is 5.82 Å². The molecule has 1 N–H and O–H groups in total. The molecule has 9 nitrogen and oxygen atoms in total. The summed E-state index contributed by atoms with van der Waals surface area (Å²) >= 11 is 1.05. The zero-order valence-corrected chi connectivity index (χ0v) is 26.2. The van der Waals surface area contributed by atoms with Gasteiger partial charge in [-0.15, -0.1) is 0 Å². The molecule has 0 saturated carbocycles. The molecule has 250 valence electrons. The molecule has 6 rings (SSSR count). The molecule has 48 heavy (non-hydrogen) atoms. The van der Waals surface area contributed by atoms with Gasteiger partial charge in [0.05, 0.1) is 24.4 Å². The molecule has 0 bridgehead atoms. The third-order valence-corrected chi connectivity index (χ3v) is 9.22. The summed E-state index contributed by atoms with van der Waals surface area (Å²) < 4.78 is 64.9. The Hall–Kier alpha value is -4.85. The first kappa shape index (κ1) is 33.1. The van der Waals surface area contributed by atoms with E-state index in [2.05, 4.69) is 10.3 Å². The molecule has 3 amide bonds. The summed E-state index contributed by atoms with van der Waals surface area (Å²) in [6.07, 6.45) is -1.87.